The number of nitrogens with zero attached hydrogens (tertiary/aromatic N) is 3. The predicted octanol–water partition coefficient (Wildman–Crippen LogP) is 2.44. The molecule has 1 fully saturated rings. The summed E-state index contributed by atoms with van der Waals surface area (Å²) in [4.78, 5) is 9.35. The van der Waals surface area contributed by atoms with Crippen molar-refractivity contribution in [2.75, 3.05) is 48.5 Å². The van der Waals surface area contributed by atoms with E-state index in [2.05, 4.69) is 43.2 Å². The monoisotopic (exact) mass is 362 g/mol. The Hall–Kier alpha value is -1.95. The van der Waals surface area contributed by atoms with Crippen LogP contribution in [-0.2, 0) is 6.54 Å². The van der Waals surface area contributed by atoms with E-state index in [9.17, 15) is 0 Å². The van der Waals surface area contributed by atoms with Gasteiger partial charge in [0, 0.05) is 37.8 Å². The zero-order valence-corrected chi connectivity index (χ0v) is 17.1. The lowest BCUT2D eigenvalue weighted by atomic mass is 10.1. The van der Waals surface area contributed by atoms with Gasteiger partial charge in [0.25, 0.3) is 0 Å². The first kappa shape index (κ1) is 20.4. The van der Waals surface area contributed by atoms with E-state index in [0.717, 1.165) is 48.6 Å². The molecule has 1 aromatic rings. The molecule has 0 aliphatic heterocycles. The van der Waals surface area contributed by atoms with Gasteiger partial charge in [-0.05, 0) is 51.9 Å². The minimum Gasteiger partial charge on any atom is -0.497 e. The molecule has 0 amide bonds. The van der Waals surface area contributed by atoms with Gasteiger partial charge in [-0.25, -0.2) is 0 Å². The molecule has 1 aliphatic carbocycles. The first-order valence-corrected chi connectivity index (χ1v) is 9.36. The molecule has 2 rings (SSSR count). The summed E-state index contributed by atoms with van der Waals surface area (Å²) < 4.78 is 10.8. The van der Waals surface area contributed by atoms with Gasteiger partial charge in [-0.1, -0.05) is 0 Å². The summed E-state index contributed by atoms with van der Waals surface area (Å²) in [7, 11) is 9.72. The molecule has 0 spiro atoms. The van der Waals surface area contributed by atoms with E-state index in [4.69, 9.17) is 14.5 Å². The van der Waals surface area contributed by atoms with Crippen LogP contribution in [-0.4, -0.2) is 70.3 Å². The van der Waals surface area contributed by atoms with Gasteiger partial charge in [-0.2, -0.15) is 0 Å². The molecule has 0 radical (unpaired) electrons. The van der Waals surface area contributed by atoms with E-state index in [1.807, 2.05) is 18.2 Å². The minimum atomic E-state index is 0.521. The van der Waals surface area contributed by atoms with Crippen LogP contribution < -0.4 is 14.8 Å². The van der Waals surface area contributed by atoms with E-state index < -0.39 is 0 Å². The fraction of sp³-hybridized carbons (Fsp3) is 0.650. The van der Waals surface area contributed by atoms with Gasteiger partial charge >= 0.3 is 0 Å². The maximum Gasteiger partial charge on any atom is 0.194 e. The number of guanidine groups is 1. The van der Waals surface area contributed by atoms with Gasteiger partial charge < -0.3 is 24.6 Å². The van der Waals surface area contributed by atoms with Crippen molar-refractivity contribution in [1.82, 2.24) is 15.1 Å². The Morgan fingerprint density at radius 2 is 1.96 bits per heavy atom. The number of benzene rings is 1. The van der Waals surface area contributed by atoms with Crippen molar-refractivity contribution in [3.05, 3.63) is 23.8 Å². The molecule has 0 saturated heterocycles. The third-order valence-electron chi connectivity index (χ3n) is 4.86. The highest BCUT2D eigenvalue weighted by atomic mass is 16.5. The Morgan fingerprint density at radius 3 is 2.50 bits per heavy atom. The third-order valence-corrected chi connectivity index (χ3v) is 4.86. The van der Waals surface area contributed by atoms with Crippen LogP contribution in [0.3, 0.4) is 0 Å². The Labute approximate surface area is 158 Å². The maximum atomic E-state index is 5.52. The van der Waals surface area contributed by atoms with Crippen LogP contribution in [0.5, 0.6) is 11.5 Å². The molecule has 26 heavy (non-hydrogen) atoms. The molecule has 146 valence electrons. The van der Waals surface area contributed by atoms with Crippen molar-refractivity contribution < 1.29 is 9.47 Å². The molecule has 1 unspecified atom stereocenters. The Balaban J connectivity index is 2.10. The molecule has 0 bridgehead atoms. The summed E-state index contributed by atoms with van der Waals surface area (Å²) in [5, 5.41) is 3.41. The van der Waals surface area contributed by atoms with Crippen LogP contribution in [0.15, 0.2) is 23.2 Å². The highest BCUT2D eigenvalue weighted by molar-refractivity contribution is 5.79. The number of methoxy groups -OCH3 is 2. The average Bonchev–Trinajstić information content (AvgIpc) is 3.46. The normalized spacial score (nSPS) is 15.7. The Kier molecular flexibility index (Phi) is 7.57. The van der Waals surface area contributed by atoms with Crippen molar-refractivity contribution in [2.24, 2.45) is 10.9 Å². The minimum absolute atomic E-state index is 0.521. The lowest BCUT2D eigenvalue weighted by Crippen LogP contribution is -2.40. The van der Waals surface area contributed by atoms with E-state index in [1.54, 1.807) is 14.2 Å². The molecule has 1 aromatic carbocycles. The zero-order chi connectivity index (χ0) is 19.1. The van der Waals surface area contributed by atoms with Crippen LogP contribution in [0, 0.1) is 5.92 Å². The number of aliphatic imine (C=N–C) groups is 1. The van der Waals surface area contributed by atoms with Crippen LogP contribution in [0.25, 0.3) is 0 Å². The Bertz CT molecular complexity index is 597. The fourth-order valence-corrected chi connectivity index (χ4v) is 3.18. The summed E-state index contributed by atoms with van der Waals surface area (Å²) in [6.07, 6.45) is 2.65. The second kappa shape index (κ2) is 9.67. The van der Waals surface area contributed by atoms with Crippen LogP contribution in [0.1, 0.15) is 25.3 Å². The van der Waals surface area contributed by atoms with Gasteiger partial charge in [-0.15, -0.1) is 0 Å². The molecular formula is C20H34N4O2. The largest absolute Gasteiger partial charge is 0.497 e. The Morgan fingerprint density at radius 1 is 1.23 bits per heavy atom. The van der Waals surface area contributed by atoms with Crippen molar-refractivity contribution >= 4 is 5.96 Å². The molecule has 1 saturated carbocycles. The predicted molar refractivity (Wildman–Crippen MR) is 107 cm³/mol. The summed E-state index contributed by atoms with van der Waals surface area (Å²) in [5.41, 5.74) is 1.10. The highest BCUT2D eigenvalue weighted by Gasteiger charge is 2.32. The van der Waals surface area contributed by atoms with Crippen molar-refractivity contribution in [3.63, 3.8) is 0 Å². The maximum absolute atomic E-state index is 5.52. The van der Waals surface area contributed by atoms with Crippen LogP contribution >= 0.6 is 0 Å². The summed E-state index contributed by atoms with van der Waals surface area (Å²) >= 11 is 0. The van der Waals surface area contributed by atoms with E-state index in [-0.39, 0.29) is 0 Å². The standard InChI is InChI=1S/C20H34N4O2/c1-7-21-20(22-13-18(23(2)3)15-8-9-15)24(4)14-16-10-11-17(25-5)12-19(16)26-6/h10-12,15,18H,7-9,13-14H2,1-6H3,(H,21,22). The van der Waals surface area contributed by atoms with E-state index in [0.29, 0.717) is 6.04 Å². The molecule has 1 aliphatic rings. The number of ether oxygens (including phenoxy) is 2. The van der Waals surface area contributed by atoms with Crippen molar-refractivity contribution in [3.8, 4) is 11.5 Å². The molecule has 6 nitrogen and oxygen atoms in total. The molecule has 1 atom stereocenters. The second-order valence-electron chi connectivity index (χ2n) is 7.10. The molecular weight excluding hydrogens is 328 g/mol. The topological polar surface area (TPSA) is 49.3 Å². The van der Waals surface area contributed by atoms with E-state index >= 15 is 0 Å². The first-order valence-electron chi connectivity index (χ1n) is 9.36. The van der Waals surface area contributed by atoms with Crippen molar-refractivity contribution in [2.45, 2.75) is 32.4 Å². The van der Waals surface area contributed by atoms with E-state index in [1.165, 1.54) is 12.8 Å². The third kappa shape index (κ3) is 5.53. The quantitative estimate of drug-likeness (QED) is 0.540. The number of rotatable bonds is 9. The lowest BCUT2D eigenvalue weighted by molar-refractivity contribution is 0.270. The number of hydrogen-bond donors (Lipinski definition) is 1. The molecule has 6 heteroatoms. The zero-order valence-electron chi connectivity index (χ0n) is 17.1. The second-order valence-corrected chi connectivity index (χ2v) is 7.10. The average molecular weight is 363 g/mol. The van der Waals surface area contributed by atoms with Crippen molar-refractivity contribution in [1.29, 1.82) is 0 Å². The molecule has 0 aromatic heterocycles. The van der Waals surface area contributed by atoms with Gasteiger partial charge in [0.2, 0.25) is 0 Å². The highest BCUT2D eigenvalue weighted by Crippen LogP contribution is 2.34. The van der Waals surface area contributed by atoms with Crippen LogP contribution in [0.4, 0.5) is 0 Å². The fourth-order valence-electron chi connectivity index (χ4n) is 3.18. The summed E-state index contributed by atoms with van der Waals surface area (Å²) in [6.45, 7) is 4.49. The SMILES string of the molecule is CCNC(=NCC(C1CC1)N(C)C)N(C)Cc1ccc(OC)cc1OC. The number of likely N-dealkylation sites (N-methyl/N-ethyl adjacent to an activating group) is 1. The number of hydrogen-bond acceptors (Lipinski definition) is 4. The van der Waals surface area contributed by atoms with Crippen LogP contribution in [0.2, 0.25) is 0 Å². The number of nitrogens with one attached hydrogen (secondary N) is 1. The smallest absolute Gasteiger partial charge is 0.194 e. The molecule has 1 N–H and O–H groups in total. The van der Waals surface area contributed by atoms with Gasteiger partial charge in [0.05, 0.1) is 20.8 Å². The molecule has 0 heterocycles. The lowest BCUT2D eigenvalue weighted by Gasteiger charge is -2.26. The first-order chi connectivity index (χ1) is 12.5. The van der Waals surface area contributed by atoms with Gasteiger partial charge in [-0.3, -0.25) is 4.99 Å². The summed E-state index contributed by atoms with van der Waals surface area (Å²) in [6, 6.07) is 6.45. The van der Waals surface area contributed by atoms with Gasteiger partial charge in [0.15, 0.2) is 5.96 Å². The van der Waals surface area contributed by atoms with Gasteiger partial charge in [0.1, 0.15) is 11.5 Å². The summed E-state index contributed by atoms with van der Waals surface area (Å²) in [5.74, 6) is 3.35.